The summed E-state index contributed by atoms with van der Waals surface area (Å²) in [5, 5.41) is 18.5. The van der Waals surface area contributed by atoms with E-state index in [0.29, 0.717) is 12.2 Å². The molecule has 0 amide bonds. The quantitative estimate of drug-likeness (QED) is 0.674. The van der Waals surface area contributed by atoms with Crippen LogP contribution in [-0.4, -0.2) is 11.1 Å². The molecule has 4 nitrogen and oxygen atoms in total. The van der Waals surface area contributed by atoms with E-state index in [2.05, 4.69) is 29.3 Å². The number of fused-ring (bicyclic) bond motifs is 1. The van der Waals surface area contributed by atoms with Crippen LogP contribution >= 0.6 is 11.3 Å². The molecule has 0 aliphatic rings. The summed E-state index contributed by atoms with van der Waals surface area (Å²) in [4.78, 5) is 12.0. The highest BCUT2D eigenvalue weighted by Gasteiger charge is 2.07. The number of benzene rings is 2. The van der Waals surface area contributed by atoms with Gasteiger partial charge < -0.3 is 5.11 Å². The van der Waals surface area contributed by atoms with E-state index in [1.165, 1.54) is 32.7 Å². The van der Waals surface area contributed by atoms with E-state index in [1.54, 1.807) is 23.5 Å². The Bertz CT molecular complexity index is 851. The van der Waals surface area contributed by atoms with E-state index >= 15 is 0 Å². The van der Waals surface area contributed by atoms with Crippen molar-refractivity contribution >= 4 is 33.1 Å². The summed E-state index contributed by atoms with van der Waals surface area (Å²) in [5.74, 6) is -0.940. The van der Waals surface area contributed by atoms with Crippen LogP contribution in [0.15, 0.2) is 58.8 Å². The van der Waals surface area contributed by atoms with Gasteiger partial charge in [0, 0.05) is 9.58 Å². The maximum Gasteiger partial charge on any atom is 0.335 e. The van der Waals surface area contributed by atoms with E-state index in [-0.39, 0.29) is 5.56 Å². The number of aromatic carboxylic acids is 1. The Balaban J connectivity index is 1.75. The summed E-state index contributed by atoms with van der Waals surface area (Å²) in [6.07, 6.45) is 0. The summed E-state index contributed by atoms with van der Waals surface area (Å²) < 4.78 is 1.26. The SMILES string of the molecule is Cc1c(CN=Nc2ccc(C(=O)O)cc2)sc2ccccc12. The van der Waals surface area contributed by atoms with Gasteiger partial charge in [-0.3, -0.25) is 0 Å². The zero-order valence-electron chi connectivity index (χ0n) is 12.0. The average Bonchev–Trinajstić information content (AvgIpc) is 2.85. The molecule has 22 heavy (non-hydrogen) atoms. The Kier molecular flexibility index (Phi) is 3.98. The van der Waals surface area contributed by atoms with Crippen LogP contribution in [0.1, 0.15) is 20.8 Å². The normalized spacial score (nSPS) is 11.3. The van der Waals surface area contributed by atoms with Gasteiger partial charge in [-0.15, -0.1) is 11.3 Å². The van der Waals surface area contributed by atoms with Gasteiger partial charge in [0.2, 0.25) is 0 Å². The average molecular weight is 310 g/mol. The predicted molar refractivity (Wildman–Crippen MR) is 88.2 cm³/mol. The van der Waals surface area contributed by atoms with Crippen LogP contribution in [-0.2, 0) is 6.54 Å². The van der Waals surface area contributed by atoms with Gasteiger partial charge >= 0.3 is 5.97 Å². The van der Waals surface area contributed by atoms with Crippen molar-refractivity contribution in [3.8, 4) is 0 Å². The smallest absolute Gasteiger partial charge is 0.335 e. The minimum absolute atomic E-state index is 0.249. The second kappa shape index (κ2) is 6.07. The number of carbonyl (C=O) groups is 1. The lowest BCUT2D eigenvalue weighted by Gasteiger charge is -1.96. The number of azo groups is 1. The molecule has 0 bridgehead atoms. The second-order valence-corrected chi connectivity index (χ2v) is 6.03. The van der Waals surface area contributed by atoms with Crippen LogP contribution in [0.5, 0.6) is 0 Å². The number of nitrogens with zero attached hydrogens (tertiary/aromatic N) is 2. The fraction of sp³-hybridized carbons (Fsp3) is 0.118. The Labute approximate surface area is 131 Å². The molecule has 0 saturated carbocycles. The molecule has 0 spiro atoms. The number of aryl methyl sites for hydroxylation is 1. The predicted octanol–water partition coefficient (Wildman–Crippen LogP) is 5.19. The molecular weight excluding hydrogens is 296 g/mol. The van der Waals surface area contributed by atoms with Gasteiger partial charge in [0.1, 0.15) is 0 Å². The maximum absolute atomic E-state index is 10.8. The summed E-state index contributed by atoms with van der Waals surface area (Å²) in [6, 6.07) is 14.7. The summed E-state index contributed by atoms with van der Waals surface area (Å²) >= 11 is 1.73. The number of hydrogen-bond acceptors (Lipinski definition) is 4. The Morgan fingerprint density at radius 3 is 2.55 bits per heavy atom. The highest BCUT2D eigenvalue weighted by molar-refractivity contribution is 7.19. The van der Waals surface area contributed by atoms with E-state index < -0.39 is 5.97 Å². The van der Waals surface area contributed by atoms with Crippen molar-refractivity contribution < 1.29 is 9.90 Å². The van der Waals surface area contributed by atoms with Gasteiger partial charge in [-0.1, -0.05) is 18.2 Å². The highest BCUT2D eigenvalue weighted by Crippen LogP contribution is 2.31. The minimum atomic E-state index is -0.940. The molecule has 0 saturated heterocycles. The van der Waals surface area contributed by atoms with Crippen LogP contribution in [0.4, 0.5) is 5.69 Å². The number of carboxylic acid groups (broad SMARTS) is 1. The third-order valence-corrected chi connectivity index (χ3v) is 4.71. The Morgan fingerprint density at radius 1 is 1.14 bits per heavy atom. The topological polar surface area (TPSA) is 62.0 Å². The second-order valence-electron chi connectivity index (χ2n) is 4.90. The largest absolute Gasteiger partial charge is 0.478 e. The first-order valence-electron chi connectivity index (χ1n) is 6.83. The van der Waals surface area contributed by atoms with Gasteiger partial charge in [0.25, 0.3) is 0 Å². The van der Waals surface area contributed by atoms with E-state index in [9.17, 15) is 4.79 Å². The third-order valence-electron chi connectivity index (χ3n) is 3.46. The van der Waals surface area contributed by atoms with E-state index in [1.807, 2.05) is 12.1 Å². The van der Waals surface area contributed by atoms with Crippen molar-refractivity contribution in [2.45, 2.75) is 13.5 Å². The molecule has 0 aliphatic carbocycles. The first-order chi connectivity index (χ1) is 10.6. The standard InChI is InChI=1S/C17H14N2O2S/c1-11-14-4-2-3-5-15(14)22-16(11)10-18-19-13-8-6-12(7-9-13)17(20)21/h2-9H,10H2,1H3,(H,20,21). The number of hydrogen-bond donors (Lipinski definition) is 1. The molecule has 0 unspecified atom stereocenters. The molecule has 3 aromatic rings. The van der Waals surface area contributed by atoms with Gasteiger partial charge in [-0.2, -0.15) is 10.2 Å². The van der Waals surface area contributed by atoms with Crippen molar-refractivity contribution in [3.63, 3.8) is 0 Å². The molecule has 5 heteroatoms. The van der Waals surface area contributed by atoms with Gasteiger partial charge in [-0.25, -0.2) is 4.79 Å². The fourth-order valence-electron chi connectivity index (χ4n) is 2.23. The molecular formula is C17H14N2O2S. The zero-order valence-corrected chi connectivity index (χ0v) is 12.8. The molecule has 1 heterocycles. The van der Waals surface area contributed by atoms with E-state index in [0.717, 1.165) is 0 Å². The molecule has 3 rings (SSSR count). The van der Waals surface area contributed by atoms with E-state index in [4.69, 9.17) is 5.11 Å². The van der Waals surface area contributed by atoms with Crippen LogP contribution < -0.4 is 0 Å². The zero-order chi connectivity index (χ0) is 15.5. The molecule has 1 N–H and O–H groups in total. The number of rotatable bonds is 4. The first kappa shape index (κ1) is 14.4. The van der Waals surface area contributed by atoms with Crippen LogP contribution in [0.2, 0.25) is 0 Å². The Morgan fingerprint density at radius 2 is 1.86 bits per heavy atom. The first-order valence-corrected chi connectivity index (χ1v) is 7.64. The number of thiophene rings is 1. The van der Waals surface area contributed by atoms with Gasteiger partial charge in [0.05, 0.1) is 17.8 Å². The maximum atomic E-state index is 10.8. The van der Waals surface area contributed by atoms with Gasteiger partial charge in [-0.05, 0) is 48.2 Å². The van der Waals surface area contributed by atoms with Crippen LogP contribution in [0.3, 0.4) is 0 Å². The highest BCUT2D eigenvalue weighted by atomic mass is 32.1. The number of carboxylic acids is 1. The Hall–Kier alpha value is -2.53. The van der Waals surface area contributed by atoms with Crippen LogP contribution in [0, 0.1) is 6.92 Å². The lowest BCUT2D eigenvalue weighted by Crippen LogP contribution is -1.93. The van der Waals surface area contributed by atoms with Gasteiger partial charge in [0.15, 0.2) is 0 Å². The summed E-state index contributed by atoms with van der Waals surface area (Å²) in [5.41, 5.74) is 2.16. The summed E-state index contributed by atoms with van der Waals surface area (Å²) in [6.45, 7) is 2.64. The fourth-order valence-corrected chi connectivity index (χ4v) is 3.36. The van der Waals surface area contributed by atoms with Crippen LogP contribution in [0.25, 0.3) is 10.1 Å². The lowest BCUT2D eigenvalue weighted by atomic mass is 10.1. The monoisotopic (exact) mass is 310 g/mol. The van der Waals surface area contributed by atoms with Crippen molar-refractivity contribution in [2.24, 2.45) is 10.2 Å². The minimum Gasteiger partial charge on any atom is -0.478 e. The molecule has 0 atom stereocenters. The molecule has 0 aliphatic heterocycles. The molecule has 110 valence electrons. The molecule has 0 radical (unpaired) electrons. The van der Waals surface area contributed by atoms with Crippen molar-refractivity contribution in [2.75, 3.05) is 0 Å². The van der Waals surface area contributed by atoms with Crippen molar-refractivity contribution in [1.29, 1.82) is 0 Å². The third kappa shape index (κ3) is 2.89. The lowest BCUT2D eigenvalue weighted by molar-refractivity contribution is 0.0697. The van der Waals surface area contributed by atoms with Crippen molar-refractivity contribution in [3.05, 3.63) is 64.5 Å². The summed E-state index contributed by atoms with van der Waals surface area (Å²) in [7, 11) is 0. The molecule has 2 aromatic carbocycles. The molecule has 1 aromatic heterocycles. The van der Waals surface area contributed by atoms with Crippen molar-refractivity contribution in [1.82, 2.24) is 0 Å². The molecule has 0 fully saturated rings.